The summed E-state index contributed by atoms with van der Waals surface area (Å²) in [7, 11) is 0. The third-order valence-electron chi connectivity index (χ3n) is 4.80. The molecule has 0 aliphatic heterocycles. The van der Waals surface area contributed by atoms with Crippen LogP contribution in [0.5, 0.6) is 23.0 Å². The van der Waals surface area contributed by atoms with Crippen LogP contribution in [0.15, 0.2) is 103 Å². The quantitative estimate of drug-likeness (QED) is 0.124. The van der Waals surface area contributed by atoms with Crippen LogP contribution in [0.25, 0.3) is 0 Å². The van der Waals surface area contributed by atoms with Crippen LogP contribution in [-0.2, 0) is 0 Å². The summed E-state index contributed by atoms with van der Waals surface area (Å²) in [5.41, 5.74) is 1.32. The van der Waals surface area contributed by atoms with Crippen molar-refractivity contribution in [3.05, 3.63) is 120 Å². The summed E-state index contributed by atoms with van der Waals surface area (Å²) in [5.74, 6) is 0.829. The highest BCUT2D eigenvalue weighted by atomic mass is 79.9. The van der Waals surface area contributed by atoms with Crippen molar-refractivity contribution in [3.8, 4) is 23.0 Å². The normalized spacial score (nSPS) is 9.45. The third kappa shape index (κ3) is 12.8. The first-order valence-corrected chi connectivity index (χ1v) is 14.0. The van der Waals surface area contributed by atoms with Gasteiger partial charge in [-0.15, -0.1) is 0 Å². The minimum atomic E-state index is -0.986. The van der Waals surface area contributed by atoms with Crippen molar-refractivity contribution < 1.29 is 34.4 Å². The largest absolute Gasteiger partial charge is 0.508 e. The Morgan fingerprint density at radius 1 is 0.575 bits per heavy atom. The smallest absolute Gasteiger partial charge is 0.335 e. The van der Waals surface area contributed by atoms with Gasteiger partial charge in [0.2, 0.25) is 0 Å². The predicted octanol–water partition coefficient (Wildman–Crippen LogP) is 7.58. The predicted molar refractivity (Wildman–Crippen MR) is 165 cm³/mol. The lowest BCUT2D eigenvalue weighted by Crippen LogP contribution is -2.02. The number of carbonyl (C=O) groups excluding carboxylic acids is 1. The summed E-state index contributed by atoms with van der Waals surface area (Å²) < 4.78 is 10.7. The number of benzene rings is 4. The van der Waals surface area contributed by atoms with E-state index in [1.54, 1.807) is 36.4 Å². The van der Waals surface area contributed by atoms with Crippen molar-refractivity contribution in [2.75, 3.05) is 23.9 Å². The molecule has 0 amide bonds. The lowest BCUT2D eigenvalue weighted by molar-refractivity contribution is 0.0696. The van der Waals surface area contributed by atoms with Gasteiger partial charge < -0.3 is 24.8 Å². The summed E-state index contributed by atoms with van der Waals surface area (Å²) in [5, 5.41) is 28.0. The van der Waals surface area contributed by atoms with Gasteiger partial charge in [0.1, 0.15) is 23.0 Å². The SMILES string of the molecule is BrCCOc1ccccc1.C.O=C(O)c1ccc(O)cc1.O=C(c1ccc(O)cc1)c1ccc(OCCBr)cc1. The zero-order valence-corrected chi connectivity index (χ0v) is 24.0. The third-order valence-corrected chi connectivity index (χ3v) is 5.44. The maximum Gasteiger partial charge on any atom is 0.335 e. The number of halogens is 2. The molecule has 40 heavy (non-hydrogen) atoms. The Hall–Kier alpha value is -3.82. The molecule has 4 aromatic carbocycles. The molecule has 0 atom stereocenters. The number of alkyl halides is 2. The second kappa shape index (κ2) is 19.3. The average molecular weight is 676 g/mol. The second-order valence-corrected chi connectivity index (χ2v) is 9.23. The van der Waals surface area contributed by atoms with Crippen molar-refractivity contribution >= 4 is 43.6 Å². The van der Waals surface area contributed by atoms with Crippen LogP contribution in [0.3, 0.4) is 0 Å². The number of carbonyl (C=O) groups is 2. The number of carboxylic acid groups (broad SMARTS) is 1. The Bertz CT molecular complexity index is 1260. The van der Waals surface area contributed by atoms with Gasteiger partial charge in [0, 0.05) is 21.8 Å². The Morgan fingerprint density at radius 2 is 0.950 bits per heavy atom. The molecule has 0 unspecified atom stereocenters. The van der Waals surface area contributed by atoms with Gasteiger partial charge in [0.15, 0.2) is 5.78 Å². The lowest BCUT2D eigenvalue weighted by atomic mass is 10.0. The maximum atomic E-state index is 12.2. The monoisotopic (exact) mass is 674 g/mol. The molecule has 0 aromatic heterocycles. The fourth-order valence-electron chi connectivity index (χ4n) is 2.92. The zero-order chi connectivity index (χ0) is 28.5. The summed E-state index contributed by atoms with van der Waals surface area (Å²) in [6, 6.07) is 28.4. The van der Waals surface area contributed by atoms with E-state index < -0.39 is 5.97 Å². The molecule has 4 rings (SSSR count). The van der Waals surface area contributed by atoms with E-state index in [0.717, 1.165) is 28.8 Å². The van der Waals surface area contributed by atoms with Crippen LogP contribution in [0.1, 0.15) is 33.7 Å². The number of aromatic carboxylic acids is 1. The van der Waals surface area contributed by atoms with E-state index in [1.807, 2.05) is 30.3 Å². The number of rotatable bonds is 9. The summed E-state index contributed by atoms with van der Waals surface area (Å²) in [4.78, 5) is 22.4. The number of ketones is 1. The van der Waals surface area contributed by atoms with Gasteiger partial charge in [0.05, 0.1) is 18.8 Å². The second-order valence-electron chi connectivity index (χ2n) is 7.64. The molecule has 212 valence electrons. The molecule has 3 N–H and O–H groups in total. The Balaban J connectivity index is 0.000000324. The lowest BCUT2D eigenvalue weighted by Gasteiger charge is -2.05. The maximum absolute atomic E-state index is 12.2. The van der Waals surface area contributed by atoms with Crippen molar-refractivity contribution in [2.45, 2.75) is 7.43 Å². The molecular formula is C31H32Br2O7. The summed E-state index contributed by atoms with van der Waals surface area (Å²) in [6.45, 7) is 1.31. The molecule has 0 heterocycles. The minimum absolute atomic E-state index is 0. The first-order valence-electron chi connectivity index (χ1n) is 11.7. The van der Waals surface area contributed by atoms with Gasteiger partial charge in [-0.1, -0.05) is 57.5 Å². The van der Waals surface area contributed by atoms with Crippen molar-refractivity contribution in [1.29, 1.82) is 0 Å². The number of aromatic hydroxyl groups is 2. The van der Waals surface area contributed by atoms with E-state index in [4.69, 9.17) is 19.7 Å². The highest BCUT2D eigenvalue weighted by molar-refractivity contribution is 9.09. The molecule has 0 aliphatic rings. The van der Waals surface area contributed by atoms with E-state index in [2.05, 4.69) is 31.9 Å². The van der Waals surface area contributed by atoms with Crippen molar-refractivity contribution in [3.63, 3.8) is 0 Å². The van der Waals surface area contributed by atoms with E-state index in [1.165, 1.54) is 36.4 Å². The molecular weight excluding hydrogens is 644 g/mol. The molecule has 0 spiro atoms. The van der Waals surface area contributed by atoms with Crippen molar-refractivity contribution in [2.24, 2.45) is 0 Å². The van der Waals surface area contributed by atoms with E-state index in [9.17, 15) is 14.7 Å². The molecule has 9 heteroatoms. The number of para-hydroxylation sites is 1. The Kier molecular flexibility index (Phi) is 16.5. The van der Waals surface area contributed by atoms with Crippen LogP contribution < -0.4 is 9.47 Å². The van der Waals surface area contributed by atoms with Gasteiger partial charge in [-0.3, -0.25) is 4.79 Å². The fraction of sp³-hybridized carbons (Fsp3) is 0.161. The molecule has 0 radical (unpaired) electrons. The van der Waals surface area contributed by atoms with Crippen LogP contribution in [0.4, 0.5) is 0 Å². The zero-order valence-electron chi connectivity index (χ0n) is 20.9. The first-order chi connectivity index (χ1) is 18.8. The highest BCUT2D eigenvalue weighted by Crippen LogP contribution is 2.17. The fourth-order valence-corrected chi connectivity index (χ4v) is 3.24. The molecule has 0 aliphatic carbocycles. The van der Waals surface area contributed by atoms with E-state index in [0.29, 0.717) is 17.7 Å². The molecule has 7 nitrogen and oxygen atoms in total. The molecule has 0 bridgehead atoms. The van der Waals surface area contributed by atoms with Crippen LogP contribution in [-0.4, -0.2) is 50.9 Å². The Morgan fingerprint density at radius 3 is 1.35 bits per heavy atom. The summed E-state index contributed by atoms with van der Waals surface area (Å²) in [6.07, 6.45) is 0. The number of phenols is 2. The van der Waals surface area contributed by atoms with Crippen LogP contribution in [0.2, 0.25) is 0 Å². The van der Waals surface area contributed by atoms with Gasteiger partial charge in [-0.2, -0.15) is 0 Å². The van der Waals surface area contributed by atoms with Gasteiger partial charge >= 0.3 is 5.97 Å². The number of phenolic OH excluding ortho intramolecular Hbond substituents is 2. The number of carboxylic acids is 1. The first kappa shape index (κ1) is 34.2. The molecule has 4 aromatic rings. The average Bonchev–Trinajstić information content (AvgIpc) is 2.97. The molecule has 0 fully saturated rings. The van der Waals surface area contributed by atoms with Crippen LogP contribution >= 0.6 is 31.9 Å². The minimum Gasteiger partial charge on any atom is -0.508 e. The topological polar surface area (TPSA) is 113 Å². The van der Waals surface area contributed by atoms with E-state index >= 15 is 0 Å². The summed E-state index contributed by atoms with van der Waals surface area (Å²) >= 11 is 6.56. The molecule has 0 saturated heterocycles. The van der Waals surface area contributed by atoms with Gasteiger partial charge in [-0.05, 0) is 84.9 Å². The van der Waals surface area contributed by atoms with Gasteiger partial charge in [0.25, 0.3) is 0 Å². The van der Waals surface area contributed by atoms with Crippen LogP contribution in [0, 0.1) is 0 Å². The Labute approximate surface area is 251 Å². The standard InChI is InChI=1S/C15H13BrO3.C8H9BrO.C7H6O3.CH4/c16-9-10-19-14-7-3-12(4-8-14)15(18)11-1-5-13(17)6-2-11;9-6-7-10-8-4-2-1-3-5-8;8-6-3-1-5(2-4-6)7(9)10;/h1-8,17H,9-10H2;1-5H,6-7H2;1-4,8H,(H,9,10);1H4. The van der Waals surface area contributed by atoms with E-state index in [-0.39, 0.29) is 30.3 Å². The number of hydrogen-bond donors (Lipinski definition) is 3. The number of ether oxygens (including phenoxy) is 2. The molecule has 0 saturated carbocycles. The van der Waals surface area contributed by atoms with Crippen molar-refractivity contribution in [1.82, 2.24) is 0 Å². The highest BCUT2D eigenvalue weighted by Gasteiger charge is 2.09. The number of hydrogen-bond acceptors (Lipinski definition) is 6. The van der Waals surface area contributed by atoms with Gasteiger partial charge in [-0.25, -0.2) is 4.79 Å².